The third-order valence-corrected chi connectivity index (χ3v) is 2.69. The van der Waals surface area contributed by atoms with Gasteiger partial charge in [-0.25, -0.2) is 4.79 Å². The minimum Gasteiger partial charge on any atom is -0.497 e. The van der Waals surface area contributed by atoms with Gasteiger partial charge < -0.3 is 15.0 Å². The smallest absolute Gasteiger partial charge is 0.326 e. The Morgan fingerprint density at radius 1 is 1.50 bits per heavy atom. The van der Waals surface area contributed by atoms with Crippen molar-refractivity contribution in [3.63, 3.8) is 0 Å². The van der Waals surface area contributed by atoms with Crippen LogP contribution in [0.1, 0.15) is 6.92 Å². The van der Waals surface area contributed by atoms with E-state index in [0.717, 1.165) is 11.0 Å². The molecule has 0 radical (unpaired) electrons. The summed E-state index contributed by atoms with van der Waals surface area (Å²) in [4.78, 5) is 25.3. The van der Waals surface area contributed by atoms with Crippen LogP contribution in [-0.4, -0.2) is 29.1 Å². The summed E-state index contributed by atoms with van der Waals surface area (Å²) in [5.74, 6) is 0.579. The molecular weight excluding hydrogens is 234 g/mol. The molecule has 0 spiro atoms. The highest BCUT2D eigenvalue weighted by Gasteiger charge is 2.07. The number of ether oxygens (including phenoxy) is 1. The molecule has 1 aromatic heterocycles. The van der Waals surface area contributed by atoms with Crippen LogP contribution in [0.5, 0.6) is 5.75 Å². The minimum absolute atomic E-state index is 0.111. The van der Waals surface area contributed by atoms with E-state index in [0.29, 0.717) is 18.8 Å². The van der Waals surface area contributed by atoms with Gasteiger partial charge in [0.15, 0.2) is 0 Å². The highest BCUT2D eigenvalue weighted by atomic mass is 16.5. The topological polar surface area (TPSA) is 76.1 Å². The average Bonchev–Trinajstić information content (AvgIpc) is 2.64. The number of carbonyl (C=O) groups is 1. The van der Waals surface area contributed by atoms with Gasteiger partial charge >= 0.3 is 5.69 Å². The summed E-state index contributed by atoms with van der Waals surface area (Å²) in [6.07, 6.45) is 0. The highest BCUT2D eigenvalue weighted by molar-refractivity contribution is 5.77. The molecule has 2 N–H and O–H groups in total. The number of amides is 1. The zero-order valence-electron chi connectivity index (χ0n) is 10.3. The van der Waals surface area contributed by atoms with Crippen molar-refractivity contribution in [1.29, 1.82) is 0 Å². The second-order valence-corrected chi connectivity index (χ2v) is 3.95. The summed E-state index contributed by atoms with van der Waals surface area (Å²) in [5, 5.41) is 2.66. The Hall–Kier alpha value is -2.24. The molecule has 0 aliphatic carbocycles. The van der Waals surface area contributed by atoms with Crippen molar-refractivity contribution in [3.8, 4) is 5.75 Å². The van der Waals surface area contributed by atoms with Gasteiger partial charge in [-0.2, -0.15) is 0 Å². The highest BCUT2D eigenvalue weighted by Crippen LogP contribution is 2.17. The van der Waals surface area contributed by atoms with E-state index < -0.39 is 0 Å². The quantitative estimate of drug-likeness (QED) is 0.827. The van der Waals surface area contributed by atoms with Crippen LogP contribution >= 0.6 is 0 Å². The van der Waals surface area contributed by atoms with Gasteiger partial charge in [0.05, 0.1) is 18.1 Å². The van der Waals surface area contributed by atoms with E-state index in [2.05, 4.69) is 10.3 Å². The molecule has 96 valence electrons. The molecular formula is C12H15N3O3. The lowest BCUT2D eigenvalue weighted by atomic mass is 10.3. The normalized spacial score (nSPS) is 10.6. The maximum atomic E-state index is 11.8. The Labute approximate surface area is 104 Å². The molecule has 0 aliphatic heterocycles. The summed E-state index contributed by atoms with van der Waals surface area (Å²) < 4.78 is 6.71. The van der Waals surface area contributed by atoms with Gasteiger partial charge in [-0.3, -0.25) is 9.36 Å². The number of methoxy groups -OCH3 is 1. The molecule has 6 nitrogen and oxygen atoms in total. The first-order chi connectivity index (χ1) is 8.61. The number of hydrogen-bond acceptors (Lipinski definition) is 3. The minimum atomic E-state index is -0.191. The SMILES string of the molecule is COc1ccc2[nH]c(=O)n(CCNC(C)=O)c2c1. The van der Waals surface area contributed by atoms with E-state index in [1.54, 1.807) is 29.9 Å². The third-order valence-electron chi connectivity index (χ3n) is 2.69. The van der Waals surface area contributed by atoms with Gasteiger partial charge in [0, 0.05) is 26.1 Å². The number of aromatic amines is 1. The fourth-order valence-corrected chi connectivity index (χ4v) is 1.83. The molecule has 0 unspecified atom stereocenters. The number of nitrogens with one attached hydrogen (secondary N) is 2. The monoisotopic (exact) mass is 249 g/mol. The van der Waals surface area contributed by atoms with E-state index in [4.69, 9.17) is 4.74 Å². The van der Waals surface area contributed by atoms with Crippen LogP contribution in [0.3, 0.4) is 0 Å². The number of rotatable bonds is 4. The number of fused-ring (bicyclic) bond motifs is 1. The lowest BCUT2D eigenvalue weighted by molar-refractivity contribution is -0.118. The molecule has 0 saturated carbocycles. The van der Waals surface area contributed by atoms with Crippen LogP contribution in [-0.2, 0) is 11.3 Å². The lowest BCUT2D eigenvalue weighted by Gasteiger charge is -2.05. The van der Waals surface area contributed by atoms with E-state index in [1.165, 1.54) is 6.92 Å². The molecule has 2 rings (SSSR count). The zero-order chi connectivity index (χ0) is 13.1. The van der Waals surface area contributed by atoms with Crippen molar-refractivity contribution in [1.82, 2.24) is 14.9 Å². The van der Waals surface area contributed by atoms with Gasteiger partial charge in [-0.05, 0) is 12.1 Å². The van der Waals surface area contributed by atoms with Crippen molar-refractivity contribution in [2.75, 3.05) is 13.7 Å². The van der Waals surface area contributed by atoms with Crippen molar-refractivity contribution in [2.24, 2.45) is 0 Å². The Balaban J connectivity index is 2.33. The molecule has 0 fully saturated rings. The Morgan fingerprint density at radius 2 is 2.28 bits per heavy atom. The fourth-order valence-electron chi connectivity index (χ4n) is 1.83. The number of benzene rings is 1. The van der Waals surface area contributed by atoms with Crippen LogP contribution < -0.4 is 15.7 Å². The van der Waals surface area contributed by atoms with Gasteiger partial charge in [0.25, 0.3) is 0 Å². The molecule has 1 aromatic carbocycles. The van der Waals surface area contributed by atoms with Crippen LogP contribution in [0.25, 0.3) is 11.0 Å². The van der Waals surface area contributed by atoms with Crippen LogP contribution in [0, 0.1) is 0 Å². The van der Waals surface area contributed by atoms with Crippen LogP contribution in [0.2, 0.25) is 0 Å². The molecule has 0 bridgehead atoms. The number of carbonyl (C=O) groups excluding carboxylic acids is 1. The van der Waals surface area contributed by atoms with Crippen molar-refractivity contribution in [3.05, 3.63) is 28.7 Å². The predicted octanol–water partition coefficient (Wildman–Crippen LogP) is 0.474. The van der Waals surface area contributed by atoms with E-state index in [9.17, 15) is 9.59 Å². The Bertz CT molecular complexity index is 627. The van der Waals surface area contributed by atoms with Gasteiger partial charge in [-0.1, -0.05) is 0 Å². The predicted molar refractivity (Wildman–Crippen MR) is 67.8 cm³/mol. The summed E-state index contributed by atoms with van der Waals surface area (Å²) >= 11 is 0. The summed E-state index contributed by atoms with van der Waals surface area (Å²) in [5.41, 5.74) is 1.33. The Morgan fingerprint density at radius 3 is 2.94 bits per heavy atom. The third kappa shape index (κ3) is 2.37. The first-order valence-corrected chi connectivity index (χ1v) is 5.63. The number of hydrogen-bond donors (Lipinski definition) is 2. The number of H-pyrrole nitrogens is 1. The molecule has 2 aromatic rings. The van der Waals surface area contributed by atoms with E-state index in [-0.39, 0.29) is 11.6 Å². The van der Waals surface area contributed by atoms with Crippen molar-refractivity contribution in [2.45, 2.75) is 13.5 Å². The molecule has 0 aliphatic rings. The average molecular weight is 249 g/mol. The lowest BCUT2D eigenvalue weighted by Crippen LogP contribution is -2.28. The summed E-state index contributed by atoms with van der Waals surface area (Å²) in [6, 6.07) is 5.38. The molecule has 1 amide bonds. The van der Waals surface area contributed by atoms with Crippen molar-refractivity contribution < 1.29 is 9.53 Å². The van der Waals surface area contributed by atoms with Gasteiger partial charge in [0.2, 0.25) is 5.91 Å². The second-order valence-electron chi connectivity index (χ2n) is 3.95. The molecule has 0 saturated heterocycles. The first kappa shape index (κ1) is 12.2. The number of imidazole rings is 1. The van der Waals surface area contributed by atoms with Gasteiger partial charge in [0.1, 0.15) is 5.75 Å². The largest absolute Gasteiger partial charge is 0.497 e. The fraction of sp³-hybridized carbons (Fsp3) is 0.333. The van der Waals surface area contributed by atoms with Gasteiger partial charge in [-0.15, -0.1) is 0 Å². The maximum absolute atomic E-state index is 11.8. The molecule has 6 heteroatoms. The zero-order valence-corrected chi connectivity index (χ0v) is 10.3. The van der Waals surface area contributed by atoms with E-state index >= 15 is 0 Å². The standard InChI is InChI=1S/C12H15N3O3/c1-8(16)13-5-6-15-11-7-9(18-2)3-4-10(11)14-12(15)17/h3-4,7H,5-6H2,1-2H3,(H,13,16)(H,14,17). The summed E-state index contributed by atoms with van der Waals surface area (Å²) in [7, 11) is 1.58. The maximum Gasteiger partial charge on any atom is 0.326 e. The van der Waals surface area contributed by atoms with Crippen LogP contribution in [0.15, 0.2) is 23.0 Å². The number of nitrogens with zero attached hydrogens (tertiary/aromatic N) is 1. The molecule has 18 heavy (non-hydrogen) atoms. The first-order valence-electron chi connectivity index (χ1n) is 5.63. The second kappa shape index (κ2) is 4.95. The Kier molecular flexibility index (Phi) is 3.36. The number of aromatic nitrogens is 2. The van der Waals surface area contributed by atoms with Crippen molar-refractivity contribution >= 4 is 16.9 Å². The van der Waals surface area contributed by atoms with Crippen LogP contribution in [0.4, 0.5) is 0 Å². The summed E-state index contributed by atoms with van der Waals surface area (Å²) in [6.45, 7) is 2.28. The van der Waals surface area contributed by atoms with E-state index in [1.807, 2.05) is 0 Å². The molecule has 0 atom stereocenters. The molecule has 1 heterocycles.